The summed E-state index contributed by atoms with van der Waals surface area (Å²) in [5.41, 5.74) is 2.51. The Bertz CT molecular complexity index is 1130. The number of furan rings is 1. The molecule has 1 aliphatic heterocycles. The minimum absolute atomic E-state index is 0.330. The van der Waals surface area contributed by atoms with Gasteiger partial charge in [-0.05, 0) is 48.0 Å². The monoisotopic (exact) mass is 434 g/mol. The van der Waals surface area contributed by atoms with Crippen LogP contribution in [0.25, 0.3) is 5.57 Å². The number of ether oxygens (including phenoxy) is 1. The molecule has 31 heavy (non-hydrogen) atoms. The van der Waals surface area contributed by atoms with Crippen LogP contribution in [-0.4, -0.2) is 33.0 Å². The number of amides is 2. The van der Waals surface area contributed by atoms with E-state index in [9.17, 15) is 9.59 Å². The summed E-state index contributed by atoms with van der Waals surface area (Å²) in [7, 11) is 5.42. The summed E-state index contributed by atoms with van der Waals surface area (Å²) >= 11 is 1.31. The molecule has 0 N–H and O–H groups in total. The van der Waals surface area contributed by atoms with Crippen molar-refractivity contribution in [1.29, 1.82) is 0 Å². The number of thioether (sulfide) groups is 1. The fraction of sp³-hybridized carbons (Fsp3) is 0.167. The van der Waals surface area contributed by atoms with Gasteiger partial charge in [-0.1, -0.05) is 18.2 Å². The quantitative estimate of drug-likeness (QED) is 0.508. The molecule has 4 rings (SSSR count). The lowest BCUT2D eigenvalue weighted by Crippen LogP contribution is -2.31. The summed E-state index contributed by atoms with van der Waals surface area (Å²) in [5.74, 6) is 1.20. The fourth-order valence-electron chi connectivity index (χ4n) is 3.34. The van der Waals surface area contributed by atoms with Gasteiger partial charge in [0.25, 0.3) is 11.8 Å². The molecular formula is C24H22N2O4S. The normalized spacial score (nSPS) is 13.8. The average molecular weight is 435 g/mol. The van der Waals surface area contributed by atoms with Gasteiger partial charge in [-0.25, -0.2) is 4.90 Å². The van der Waals surface area contributed by atoms with E-state index in [1.807, 2.05) is 43.3 Å². The lowest BCUT2D eigenvalue weighted by Gasteiger charge is -2.19. The van der Waals surface area contributed by atoms with Crippen LogP contribution in [-0.2, 0) is 15.3 Å². The van der Waals surface area contributed by atoms with Crippen molar-refractivity contribution in [2.24, 2.45) is 0 Å². The van der Waals surface area contributed by atoms with Crippen LogP contribution in [0.1, 0.15) is 11.3 Å². The van der Waals surface area contributed by atoms with E-state index >= 15 is 0 Å². The number of carbonyl (C=O) groups excluding carboxylic acids is 2. The number of benzene rings is 2. The lowest BCUT2D eigenvalue weighted by atomic mass is 10.1. The molecule has 3 aromatic rings. The third kappa shape index (κ3) is 4.09. The van der Waals surface area contributed by atoms with E-state index in [1.165, 1.54) is 16.7 Å². The number of imide groups is 1. The first-order chi connectivity index (χ1) is 15.0. The number of hydrogen-bond acceptors (Lipinski definition) is 6. The standard InChI is InChI=1S/C24H22N2O4S/c1-25(2)17-6-4-7-18(14-17)26-23(27)21(16-9-11-19(29-3)12-10-16)22(24(26)28)31-15-20-8-5-13-30-20/h4-14H,15H2,1-3H3. The van der Waals surface area contributed by atoms with Crippen molar-refractivity contribution in [3.8, 4) is 5.75 Å². The second kappa shape index (κ2) is 8.73. The van der Waals surface area contributed by atoms with Gasteiger partial charge in [0.15, 0.2) is 0 Å². The molecule has 0 saturated heterocycles. The van der Waals surface area contributed by atoms with Gasteiger partial charge in [0.2, 0.25) is 0 Å². The van der Waals surface area contributed by atoms with Gasteiger partial charge in [-0.15, -0.1) is 11.8 Å². The van der Waals surface area contributed by atoms with E-state index < -0.39 is 0 Å². The summed E-state index contributed by atoms with van der Waals surface area (Å²) in [6, 6.07) is 18.2. The minimum Gasteiger partial charge on any atom is -0.497 e. The zero-order valence-electron chi connectivity index (χ0n) is 17.5. The van der Waals surface area contributed by atoms with Crippen molar-refractivity contribution in [2.75, 3.05) is 31.0 Å². The fourth-order valence-corrected chi connectivity index (χ4v) is 4.35. The number of anilines is 2. The highest BCUT2D eigenvalue weighted by Crippen LogP contribution is 2.40. The molecule has 2 aromatic carbocycles. The third-order valence-corrected chi connectivity index (χ3v) is 6.06. The van der Waals surface area contributed by atoms with Crippen LogP contribution in [0, 0.1) is 0 Å². The molecule has 6 nitrogen and oxygen atoms in total. The van der Waals surface area contributed by atoms with Gasteiger partial charge in [0, 0.05) is 19.8 Å². The van der Waals surface area contributed by atoms with Crippen LogP contribution in [0.2, 0.25) is 0 Å². The van der Waals surface area contributed by atoms with Gasteiger partial charge < -0.3 is 14.1 Å². The maximum Gasteiger partial charge on any atom is 0.272 e. The van der Waals surface area contributed by atoms with E-state index in [0.717, 1.165) is 11.4 Å². The molecule has 0 aliphatic carbocycles. The Morgan fingerprint density at radius 3 is 2.42 bits per heavy atom. The molecule has 0 spiro atoms. The minimum atomic E-state index is -0.340. The molecular weight excluding hydrogens is 412 g/mol. The van der Waals surface area contributed by atoms with Crippen molar-refractivity contribution in [2.45, 2.75) is 5.75 Å². The molecule has 0 fully saturated rings. The van der Waals surface area contributed by atoms with E-state index in [4.69, 9.17) is 9.15 Å². The van der Waals surface area contributed by atoms with E-state index in [0.29, 0.717) is 33.2 Å². The Balaban J connectivity index is 1.74. The summed E-state index contributed by atoms with van der Waals surface area (Å²) < 4.78 is 10.6. The van der Waals surface area contributed by atoms with Crippen LogP contribution >= 0.6 is 11.8 Å². The molecule has 0 radical (unpaired) electrons. The van der Waals surface area contributed by atoms with Gasteiger partial charge in [-0.3, -0.25) is 9.59 Å². The molecule has 2 amide bonds. The second-order valence-electron chi connectivity index (χ2n) is 7.16. The number of methoxy groups -OCH3 is 1. The van der Waals surface area contributed by atoms with Crippen molar-refractivity contribution in [1.82, 2.24) is 0 Å². The van der Waals surface area contributed by atoms with Crippen LogP contribution in [0.15, 0.2) is 76.2 Å². The molecule has 0 atom stereocenters. The molecule has 0 unspecified atom stereocenters. The van der Waals surface area contributed by atoms with Crippen molar-refractivity contribution in [3.05, 3.63) is 83.2 Å². The molecule has 7 heteroatoms. The molecule has 158 valence electrons. The molecule has 1 aliphatic rings. The third-order valence-electron chi connectivity index (χ3n) is 4.96. The van der Waals surface area contributed by atoms with Crippen molar-refractivity contribution in [3.63, 3.8) is 0 Å². The Kier molecular flexibility index (Phi) is 5.86. The maximum atomic E-state index is 13.5. The van der Waals surface area contributed by atoms with E-state index in [-0.39, 0.29) is 11.8 Å². The zero-order chi connectivity index (χ0) is 22.0. The predicted molar refractivity (Wildman–Crippen MR) is 123 cm³/mol. The van der Waals surface area contributed by atoms with Crippen LogP contribution in [0.5, 0.6) is 5.75 Å². The Morgan fingerprint density at radius 2 is 1.77 bits per heavy atom. The summed E-state index contributed by atoms with van der Waals surface area (Å²) in [6.45, 7) is 0. The van der Waals surface area contributed by atoms with Crippen molar-refractivity contribution < 1.29 is 18.7 Å². The zero-order valence-corrected chi connectivity index (χ0v) is 18.3. The van der Waals surface area contributed by atoms with Crippen LogP contribution in [0.3, 0.4) is 0 Å². The summed E-state index contributed by atoms with van der Waals surface area (Å²) in [5, 5.41) is 0. The number of carbonyl (C=O) groups is 2. The molecule has 0 bridgehead atoms. The van der Waals surface area contributed by atoms with E-state index in [2.05, 4.69) is 0 Å². The summed E-state index contributed by atoms with van der Waals surface area (Å²) in [6.07, 6.45) is 1.59. The first kappa shape index (κ1) is 20.8. The molecule has 1 aromatic heterocycles. The highest BCUT2D eigenvalue weighted by atomic mass is 32.2. The summed E-state index contributed by atoms with van der Waals surface area (Å²) in [4.78, 5) is 30.5. The maximum absolute atomic E-state index is 13.5. The first-order valence-corrected chi connectivity index (χ1v) is 10.7. The number of hydrogen-bond donors (Lipinski definition) is 0. The number of rotatable bonds is 7. The van der Waals surface area contributed by atoms with Gasteiger partial charge in [-0.2, -0.15) is 0 Å². The molecule has 2 heterocycles. The first-order valence-electron chi connectivity index (χ1n) is 9.69. The Hall–Kier alpha value is -3.45. The van der Waals surface area contributed by atoms with Gasteiger partial charge in [0.05, 0.1) is 35.3 Å². The van der Waals surface area contributed by atoms with Gasteiger partial charge >= 0.3 is 0 Å². The van der Waals surface area contributed by atoms with Gasteiger partial charge in [0.1, 0.15) is 11.5 Å². The van der Waals surface area contributed by atoms with E-state index in [1.54, 1.807) is 49.8 Å². The molecule has 0 saturated carbocycles. The van der Waals surface area contributed by atoms with Crippen LogP contribution < -0.4 is 14.5 Å². The Labute approximate surface area is 185 Å². The largest absolute Gasteiger partial charge is 0.497 e. The Morgan fingerprint density at radius 1 is 1.00 bits per heavy atom. The predicted octanol–water partition coefficient (Wildman–Crippen LogP) is 4.57. The lowest BCUT2D eigenvalue weighted by molar-refractivity contribution is -0.119. The second-order valence-corrected chi connectivity index (χ2v) is 8.15. The van der Waals surface area contributed by atoms with Crippen molar-refractivity contribution >= 4 is 40.5 Å². The average Bonchev–Trinajstić information content (AvgIpc) is 3.38. The SMILES string of the molecule is COc1ccc(C2=C(SCc3ccco3)C(=O)N(c3cccc(N(C)C)c3)C2=O)cc1. The van der Waals surface area contributed by atoms with Crippen LogP contribution in [0.4, 0.5) is 11.4 Å². The number of nitrogens with zero attached hydrogens (tertiary/aromatic N) is 2. The topological polar surface area (TPSA) is 63.0 Å². The highest BCUT2D eigenvalue weighted by Gasteiger charge is 2.40. The highest BCUT2D eigenvalue weighted by molar-refractivity contribution is 8.03. The smallest absolute Gasteiger partial charge is 0.272 e.